The van der Waals surface area contributed by atoms with Gasteiger partial charge in [0.2, 0.25) is 5.82 Å². The second-order valence-electron chi connectivity index (χ2n) is 8.47. The third-order valence-corrected chi connectivity index (χ3v) is 11.4. The van der Waals surface area contributed by atoms with Crippen LogP contribution in [-0.2, 0) is 0 Å². The van der Waals surface area contributed by atoms with E-state index in [1.54, 1.807) is 6.92 Å². The summed E-state index contributed by atoms with van der Waals surface area (Å²) in [5.74, 6) is -1.71. The van der Waals surface area contributed by atoms with E-state index in [1.165, 1.54) is 37.1 Å². The molecular formula is C26H28F4OS3. The molecule has 8 heteroatoms. The van der Waals surface area contributed by atoms with Gasteiger partial charge >= 0.3 is 0 Å². The van der Waals surface area contributed by atoms with Crippen LogP contribution in [0.4, 0.5) is 17.6 Å². The largest absolute Gasteiger partial charge is 0.491 e. The average molecular weight is 529 g/mol. The molecule has 0 bridgehead atoms. The summed E-state index contributed by atoms with van der Waals surface area (Å²) in [4.78, 5) is 0. The van der Waals surface area contributed by atoms with Gasteiger partial charge in [-0.1, -0.05) is 24.3 Å². The lowest BCUT2D eigenvalue weighted by atomic mass is 9.96. The quantitative estimate of drug-likeness (QED) is 0.275. The summed E-state index contributed by atoms with van der Waals surface area (Å²) in [5.41, 5.74) is -0.304. The average Bonchev–Trinajstić information content (AvgIpc) is 2.85. The summed E-state index contributed by atoms with van der Waals surface area (Å²) in [5, 5.41) is 0.582. The van der Waals surface area contributed by atoms with E-state index in [9.17, 15) is 8.78 Å². The molecule has 2 aliphatic heterocycles. The number of hydrogen-bond acceptors (Lipinski definition) is 4. The monoisotopic (exact) mass is 528 g/mol. The van der Waals surface area contributed by atoms with Crippen LogP contribution in [-0.4, -0.2) is 33.7 Å². The Bertz CT molecular complexity index is 1030. The van der Waals surface area contributed by atoms with Crippen molar-refractivity contribution < 1.29 is 22.3 Å². The zero-order valence-corrected chi connectivity index (χ0v) is 21.6. The van der Waals surface area contributed by atoms with Gasteiger partial charge in [0.15, 0.2) is 23.2 Å². The van der Waals surface area contributed by atoms with Crippen molar-refractivity contribution in [2.75, 3.05) is 23.9 Å². The predicted octanol–water partition coefficient (Wildman–Crippen LogP) is 8.29. The van der Waals surface area contributed by atoms with Crippen LogP contribution >= 0.6 is 35.3 Å². The van der Waals surface area contributed by atoms with Crippen molar-refractivity contribution in [3.63, 3.8) is 0 Å². The first kappa shape index (κ1) is 25.8. The Labute approximate surface area is 211 Å². The fourth-order valence-electron chi connectivity index (χ4n) is 4.44. The Hall–Kier alpha value is -1.25. The fraction of sp³-hybridized carbons (Fsp3) is 0.462. The Kier molecular flexibility index (Phi) is 8.86. The van der Waals surface area contributed by atoms with Crippen molar-refractivity contribution in [1.29, 1.82) is 0 Å². The summed E-state index contributed by atoms with van der Waals surface area (Å²) < 4.78 is 64.4. The zero-order chi connectivity index (χ0) is 24.2. The minimum atomic E-state index is -1.25. The molecule has 0 N–H and O–H groups in total. The van der Waals surface area contributed by atoms with E-state index in [-0.39, 0.29) is 29.4 Å². The summed E-state index contributed by atoms with van der Waals surface area (Å²) in [6.07, 6.45) is 6.79. The molecule has 0 aromatic heterocycles. The highest BCUT2D eigenvalue weighted by Crippen LogP contribution is 2.47. The Morgan fingerprint density at radius 1 is 0.853 bits per heavy atom. The molecule has 0 aliphatic carbocycles. The highest BCUT2D eigenvalue weighted by Gasteiger charge is 2.34. The molecule has 0 spiro atoms. The highest BCUT2D eigenvalue weighted by atomic mass is 32.2. The Morgan fingerprint density at radius 3 is 2.15 bits per heavy atom. The molecular weight excluding hydrogens is 500 g/mol. The highest BCUT2D eigenvalue weighted by molar-refractivity contribution is 8.18. The van der Waals surface area contributed by atoms with Gasteiger partial charge in [-0.3, -0.25) is 0 Å². The van der Waals surface area contributed by atoms with Crippen LogP contribution in [0.2, 0.25) is 0 Å². The fourth-order valence-corrected chi connectivity index (χ4v) is 9.76. The third kappa shape index (κ3) is 5.44. The summed E-state index contributed by atoms with van der Waals surface area (Å²) in [6, 6.07) is 5.33. The SMILES string of the molecule is C/C=C/C1CC[C@@H](C2SCC(c3ccc(-c4ccc(OCC)c(F)c4F)c(F)c3F)CS2)SC1. The third-order valence-electron chi connectivity index (χ3n) is 6.23. The van der Waals surface area contributed by atoms with E-state index in [0.29, 0.717) is 21.3 Å². The molecule has 0 radical (unpaired) electrons. The van der Waals surface area contributed by atoms with Gasteiger partial charge in [0.25, 0.3) is 0 Å². The molecule has 2 aromatic carbocycles. The van der Waals surface area contributed by atoms with Crippen molar-refractivity contribution in [2.45, 2.75) is 42.4 Å². The van der Waals surface area contributed by atoms with Gasteiger partial charge in [-0.2, -0.15) is 16.2 Å². The van der Waals surface area contributed by atoms with Crippen molar-refractivity contribution in [3.05, 3.63) is 65.2 Å². The number of allylic oxidation sites excluding steroid dienone is 2. The van der Waals surface area contributed by atoms with E-state index in [0.717, 1.165) is 17.3 Å². The Balaban J connectivity index is 1.45. The van der Waals surface area contributed by atoms with E-state index in [2.05, 4.69) is 19.1 Å². The molecule has 1 unspecified atom stereocenters. The van der Waals surface area contributed by atoms with Gasteiger partial charge in [-0.15, -0.1) is 23.5 Å². The first-order chi connectivity index (χ1) is 16.4. The maximum Gasteiger partial charge on any atom is 0.201 e. The first-order valence-electron chi connectivity index (χ1n) is 11.5. The van der Waals surface area contributed by atoms with Gasteiger partial charge in [0, 0.05) is 33.8 Å². The Morgan fingerprint density at radius 2 is 1.53 bits per heavy atom. The number of hydrogen-bond donors (Lipinski definition) is 0. The summed E-state index contributed by atoms with van der Waals surface area (Å²) in [6.45, 7) is 3.88. The number of ether oxygens (including phenoxy) is 1. The number of thioether (sulfide) groups is 3. The summed E-state index contributed by atoms with van der Waals surface area (Å²) in [7, 11) is 0. The second kappa shape index (κ2) is 11.7. The van der Waals surface area contributed by atoms with Crippen molar-refractivity contribution in [1.82, 2.24) is 0 Å². The van der Waals surface area contributed by atoms with Gasteiger partial charge in [-0.05, 0) is 56.1 Å². The van der Waals surface area contributed by atoms with Gasteiger partial charge < -0.3 is 4.74 Å². The minimum Gasteiger partial charge on any atom is -0.491 e. The standard InChI is InChI=1S/C26H28F4OS3/c1-3-5-15-6-11-21(32-12-15)26-33-13-16(14-34-26)17-7-8-18(23(28)22(17)27)19-9-10-20(31-4-2)25(30)24(19)29/h3,5,7-10,15-16,21,26H,4,6,11-14H2,1-2H3/b5-3+/t15?,16?,21-,26?/m0/s1. The normalized spacial score (nSPS) is 25.6. The van der Waals surface area contributed by atoms with Crippen LogP contribution in [0.3, 0.4) is 0 Å². The molecule has 0 amide bonds. The van der Waals surface area contributed by atoms with Gasteiger partial charge in [-0.25, -0.2) is 13.2 Å². The minimum absolute atomic E-state index is 0.124. The molecule has 2 fully saturated rings. The zero-order valence-electron chi connectivity index (χ0n) is 19.2. The maximum atomic E-state index is 15.1. The number of benzene rings is 2. The van der Waals surface area contributed by atoms with E-state index in [4.69, 9.17) is 4.74 Å². The topological polar surface area (TPSA) is 9.23 Å². The van der Waals surface area contributed by atoms with Crippen molar-refractivity contribution in [2.24, 2.45) is 5.92 Å². The molecule has 34 heavy (non-hydrogen) atoms. The van der Waals surface area contributed by atoms with Crippen LogP contribution in [0.5, 0.6) is 5.75 Å². The molecule has 184 valence electrons. The van der Waals surface area contributed by atoms with Gasteiger partial charge in [0.05, 0.1) is 11.2 Å². The lowest BCUT2D eigenvalue weighted by molar-refractivity contribution is 0.314. The van der Waals surface area contributed by atoms with Gasteiger partial charge in [0.1, 0.15) is 0 Å². The van der Waals surface area contributed by atoms with Crippen molar-refractivity contribution in [3.8, 4) is 16.9 Å². The number of rotatable bonds is 6. The van der Waals surface area contributed by atoms with Crippen LogP contribution in [0.1, 0.15) is 38.2 Å². The molecule has 2 aromatic rings. The predicted molar refractivity (Wildman–Crippen MR) is 138 cm³/mol. The van der Waals surface area contributed by atoms with Crippen molar-refractivity contribution >= 4 is 35.3 Å². The van der Waals surface area contributed by atoms with Crippen LogP contribution in [0, 0.1) is 29.2 Å². The molecule has 4 rings (SSSR count). The van der Waals surface area contributed by atoms with Crippen LogP contribution in [0.15, 0.2) is 36.4 Å². The van der Waals surface area contributed by atoms with E-state index in [1.807, 2.05) is 35.3 Å². The van der Waals surface area contributed by atoms with Crippen LogP contribution < -0.4 is 4.74 Å². The number of halogens is 4. The molecule has 2 aliphatic rings. The summed E-state index contributed by atoms with van der Waals surface area (Å²) >= 11 is 5.67. The second-order valence-corrected chi connectivity index (χ2v) is 12.4. The molecule has 1 nitrogen and oxygen atoms in total. The first-order valence-corrected chi connectivity index (χ1v) is 14.7. The van der Waals surface area contributed by atoms with Crippen LogP contribution in [0.25, 0.3) is 11.1 Å². The lowest BCUT2D eigenvalue weighted by Gasteiger charge is -2.36. The maximum absolute atomic E-state index is 15.1. The molecule has 2 saturated heterocycles. The van der Waals surface area contributed by atoms with E-state index < -0.39 is 23.3 Å². The molecule has 0 saturated carbocycles. The lowest BCUT2D eigenvalue weighted by Crippen LogP contribution is -2.29. The smallest absolute Gasteiger partial charge is 0.201 e. The van der Waals surface area contributed by atoms with E-state index >= 15 is 8.78 Å². The molecule has 2 heterocycles. The molecule has 2 atom stereocenters.